The maximum absolute atomic E-state index is 2.57. The van der Waals surface area contributed by atoms with E-state index in [0.29, 0.717) is 0 Å². The maximum atomic E-state index is 2.57. The lowest BCUT2D eigenvalue weighted by atomic mass is 10.0. The van der Waals surface area contributed by atoms with Crippen molar-refractivity contribution in [3.8, 4) is 0 Å². The molecular formula is C36H71N2+. The Kier molecular flexibility index (Phi) is 25.7. The van der Waals surface area contributed by atoms with E-state index in [-0.39, 0.29) is 0 Å². The van der Waals surface area contributed by atoms with E-state index in [0.717, 1.165) is 0 Å². The lowest BCUT2D eigenvalue weighted by Crippen LogP contribution is -2.37. The first-order valence-electron chi connectivity index (χ1n) is 17.9. The number of hydrogen-bond donors (Lipinski definition) is 0. The van der Waals surface area contributed by atoms with E-state index >= 15 is 0 Å². The van der Waals surface area contributed by atoms with Crippen molar-refractivity contribution in [2.75, 3.05) is 0 Å². The van der Waals surface area contributed by atoms with Crippen LogP contribution in [0.4, 0.5) is 0 Å². The van der Waals surface area contributed by atoms with Crippen molar-refractivity contribution in [1.29, 1.82) is 0 Å². The molecule has 0 radical (unpaired) electrons. The van der Waals surface area contributed by atoms with Gasteiger partial charge in [-0.2, -0.15) is 0 Å². The molecule has 0 aliphatic heterocycles. The van der Waals surface area contributed by atoms with Crippen LogP contribution in [0.5, 0.6) is 0 Å². The van der Waals surface area contributed by atoms with Crippen LogP contribution in [-0.2, 0) is 19.5 Å². The average molecular weight is 532 g/mol. The highest BCUT2D eigenvalue weighted by Gasteiger charge is 2.15. The molecule has 0 saturated heterocycles. The van der Waals surface area contributed by atoms with Crippen molar-refractivity contribution in [3.63, 3.8) is 0 Å². The SMILES string of the molecule is CCCCCCCCCCCCCCCn1cc[n+](CCCCCCCCCCCCCCC)c1CCC. The zero-order chi connectivity index (χ0) is 27.4. The quantitative estimate of drug-likeness (QED) is 0.0689. The Morgan fingerprint density at radius 1 is 0.447 bits per heavy atom. The van der Waals surface area contributed by atoms with Crippen LogP contribution in [0.3, 0.4) is 0 Å². The van der Waals surface area contributed by atoms with Gasteiger partial charge in [0.05, 0.1) is 13.1 Å². The highest BCUT2D eigenvalue weighted by atomic mass is 15.1. The number of rotatable bonds is 30. The first-order valence-corrected chi connectivity index (χ1v) is 17.9. The van der Waals surface area contributed by atoms with Crippen LogP contribution in [0.15, 0.2) is 12.4 Å². The Hall–Kier alpha value is -0.790. The normalized spacial score (nSPS) is 11.6. The van der Waals surface area contributed by atoms with Gasteiger partial charge in [0, 0.05) is 6.42 Å². The number of aryl methyl sites for hydroxylation is 2. The van der Waals surface area contributed by atoms with Gasteiger partial charge in [0.1, 0.15) is 12.4 Å². The van der Waals surface area contributed by atoms with E-state index < -0.39 is 0 Å². The van der Waals surface area contributed by atoms with E-state index in [1.807, 2.05) is 0 Å². The lowest BCUT2D eigenvalue weighted by molar-refractivity contribution is -0.704. The highest BCUT2D eigenvalue weighted by molar-refractivity contribution is 4.84. The third-order valence-electron chi connectivity index (χ3n) is 8.57. The summed E-state index contributed by atoms with van der Waals surface area (Å²) in [6.07, 6.45) is 44.6. The number of hydrogen-bond acceptors (Lipinski definition) is 0. The van der Waals surface area contributed by atoms with E-state index in [2.05, 4.69) is 42.3 Å². The number of aromatic nitrogens is 2. The molecular weight excluding hydrogens is 460 g/mol. The van der Waals surface area contributed by atoms with Gasteiger partial charge >= 0.3 is 0 Å². The third kappa shape index (κ3) is 20.2. The van der Waals surface area contributed by atoms with E-state index in [1.165, 1.54) is 193 Å². The molecule has 1 heterocycles. The summed E-state index contributed by atoms with van der Waals surface area (Å²) in [5.41, 5.74) is 0. The Bertz CT molecular complexity index is 543. The van der Waals surface area contributed by atoms with Crippen molar-refractivity contribution >= 4 is 0 Å². The van der Waals surface area contributed by atoms with Crippen molar-refractivity contribution < 1.29 is 4.57 Å². The second kappa shape index (κ2) is 27.8. The molecule has 0 unspecified atom stereocenters. The molecule has 2 nitrogen and oxygen atoms in total. The Morgan fingerprint density at radius 3 is 1.21 bits per heavy atom. The van der Waals surface area contributed by atoms with Crippen LogP contribution < -0.4 is 4.57 Å². The van der Waals surface area contributed by atoms with Crippen LogP contribution in [0.1, 0.15) is 200 Å². The zero-order valence-corrected chi connectivity index (χ0v) is 26.8. The van der Waals surface area contributed by atoms with Gasteiger partial charge in [-0.1, -0.05) is 162 Å². The summed E-state index contributed by atoms with van der Waals surface area (Å²) >= 11 is 0. The molecule has 1 aromatic heterocycles. The van der Waals surface area contributed by atoms with Gasteiger partial charge < -0.3 is 0 Å². The number of nitrogens with zero attached hydrogens (tertiary/aromatic N) is 2. The minimum absolute atomic E-state index is 1.22. The summed E-state index contributed by atoms with van der Waals surface area (Å²) in [6, 6.07) is 0. The molecule has 0 aromatic carbocycles. The zero-order valence-electron chi connectivity index (χ0n) is 26.8. The van der Waals surface area contributed by atoms with E-state index in [9.17, 15) is 0 Å². The largest absolute Gasteiger partial charge is 0.256 e. The summed E-state index contributed by atoms with van der Waals surface area (Å²) in [7, 11) is 0. The van der Waals surface area contributed by atoms with Crippen molar-refractivity contribution in [2.24, 2.45) is 0 Å². The molecule has 0 aliphatic carbocycles. The maximum Gasteiger partial charge on any atom is 0.256 e. The van der Waals surface area contributed by atoms with Gasteiger partial charge in [0.2, 0.25) is 0 Å². The highest BCUT2D eigenvalue weighted by Crippen LogP contribution is 2.14. The van der Waals surface area contributed by atoms with E-state index in [1.54, 1.807) is 5.82 Å². The van der Waals surface area contributed by atoms with Gasteiger partial charge in [-0.25, -0.2) is 9.13 Å². The van der Waals surface area contributed by atoms with Crippen LogP contribution in [-0.4, -0.2) is 4.57 Å². The molecule has 1 rings (SSSR count). The second-order valence-electron chi connectivity index (χ2n) is 12.3. The van der Waals surface area contributed by atoms with Gasteiger partial charge in [0.25, 0.3) is 5.82 Å². The summed E-state index contributed by atoms with van der Waals surface area (Å²) in [5.74, 6) is 1.57. The molecule has 38 heavy (non-hydrogen) atoms. The van der Waals surface area contributed by atoms with Gasteiger partial charge in [0.15, 0.2) is 0 Å². The smallest absolute Gasteiger partial charge is 0.234 e. The Labute approximate surface area is 240 Å². The fourth-order valence-electron chi connectivity index (χ4n) is 6.02. The van der Waals surface area contributed by atoms with Crippen LogP contribution in [0.2, 0.25) is 0 Å². The van der Waals surface area contributed by atoms with Crippen molar-refractivity contribution in [3.05, 3.63) is 18.2 Å². The molecule has 0 N–H and O–H groups in total. The van der Waals surface area contributed by atoms with Crippen LogP contribution in [0, 0.1) is 0 Å². The number of imidazole rings is 1. The molecule has 0 bridgehead atoms. The minimum Gasteiger partial charge on any atom is -0.234 e. The van der Waals surface area contributed by atoms with Gasteiger partial charge in [-0.3, -0.25) is 0 Å². The van der Waals surface area contributed by atoms with Crippen molar-refractivity contribution in [1.82, 2.24) is 4.57 Å². The Balaban J connectivity index is 2.03. The van der Waals surface area contributed by atoms with E-state index in [4.69, 9.17) is 0 Å². The predicted molar refractivity (Wildman–Crippen MR) is 170 cm³/mol. The third-order valence-corrected chi connectivity index (χ3v) is 8.57. The monoisotopic (exact) mass is 532 g/mol. The van der Waals surface area contributed by atoms with Crippen LogP contribution >= 0.6 is 0 Å². The summed E-state index contributed by atoms with van der Waals surface area (Å²) in [5, 5.41) is 0. The summed E-state index contributed by atoms with van der Waals surface area (Å²) < 4.78 is 5.15. The molecule has 0 aliphatic rings. The molecule has 224 valence electrons. The molecule has 1 aromatic rings. The van der Waals surface area contributed by atoms with Gasteiger partial charge in [-0.15, -0.1) is 0 Å². The predicted octanol–water partition coefficient (Wildman–Crippen LogP) is 11.9. The summed E-state index contributed by atoms with van der Waals surface area (Å²) in [6.45, 7) is 9.39. The average Bonchev–Trinajstić information content (AvgIpc) is 3.30. The summed E-state index contributed by atoms with van der Waals surface area (Å²) in [4.78, 5) is 0. The van der Waals surface area contributed by atoms with Crippen molar-refractivity contribution in [2.45, 2.75) is 214 Å². The first-order chi connectivity index (χ1) is 18.8. The Morgan fingerprint density at radius 2 is 0.816 bits per heavy atom. The molecule has 0 saturated carbocycles. The fourth-order valence-corrected chi connectivity index (χ4v) is 6.02. The molecule has 0 fully saturated rings. The molecule has 0 amide bonds. The van der Waals surface area contributed by atoms with Gasteiger partial charge in [-0.05, 0) is 32.1 Å². The minimum atomic E-state index is 1.22. The second-order valence-corrected chi connectivity index (χ2v) is 12.3. The topological polar surface area (TPSA) is 8.81 Å². The first kappa shape index (κ1) is 35.2. The fraction of sp³-hybridized carbons (Fsp3) is 0.917. The molecule has 0 spiro atoms. The molecule has 2 heteroatoms. The molecule has 0 atom stereocenters. The standard InChI is InChI=1S/C36H71N2/c1-4-7-9-11-13-15-17-19-21-23-25-27-29-32-37-34-35-38(36(37)31-6-3)33-30-28-26-24-22-20-18-16-14-12-10-8-5-2/h34-35H,4-33H2,1-3H3/q+1. The van der Waals surface area contributed by atoms with Crippen LogP contribution in [0.25, 0.3) is 0 Å². The number of unbranched alkanes of at least 4 members (excludes halogenated alkanes) is 24. The lowest BCUT2D eigenvalue weighted by Gasteiger charge is -2.06.